The highest BCUT2D eigenvalue weighted by atomic mass is 31.2. The van der Waals surface area contributed by atoms with Gasteiger partial charge in [-0.15, -0.1) is 0 Å². The van der Waals surface area contributed by atoms with Crippen LogP contribution in [0.15, 0.2) is 72.9 Å². The third-order valence-electron chi connectivity index (χ3n) is 8.08. The number of carbonyl (C=O) groups is 2. The molecule has 0 saturated carbocycles. The zero-order valence-corrected chi connectivity index (χ0v) is 34.1. The summed E-state index contributed by atoms with van der Waals surface area (Å²) in [5.41, 5.74) is 5.33. The molecule has 0 aromatic heterocycles. The van der Waals surface area contributed by atoms with E-state index in [9.17, 15) is 19.0 Å². The quantitative estimate of drug-likeness (QED) is 0.0274. The van der Waals surface area contributed by atoms with Gasteiger partial charge in [-0.3, -0.25) is 18.6 Å². The smallest absolute Gasteiger partial charge is 0.462 e. The molecule has 0 rings (SSSR count). The van der Waals surface area contributed by atoms with Crippen LogP contribution in [0.5, 0.6) is 0 Å². The van der Waals surface area contributed by atoms with Crippen LogP contribution in [0.2, 0.25) is 0 Å². The second-order valence-corrected chi connectivity index (χ2v) is 14.6. The minimum Gasteiger partial charge on any atom is -0.462 e. The molecule has 3 N–H and O–H groups in total. The van der Waals surface area contributed by atoms with Crippen LogP contribution in [0.25, 0.3) is 0 Å². The molecule has 53 heavy (non-hydrogen) atoms. The Hall–Kier alpha value is -2.55. The number of rotatable bonds is 37. The van der Waals surface area contributed by atoms with E-state index in [0.717, 1.165) is 89.9 Å². The van der Waals surface area contributed by atoms with Crippen molar-refractivity contribution in [1.29, 1.82) is 0 Å². The Morgan fingerprint density at radius 1 is 0.585 bits per heavy atom. The number of unbranched alkanes of at least 4 members (excludes halogenated alkanes) is 12. The maximum absolute atomic E-state index is 12.5. The zero-order valence-electron chi connectivity index (χ0n) is 33.2. The number of carbonyl (C=O) groups excluding carboxylic acids is 2. The van der Waals surface area contributed by atoms with E-state index < -0.39 is 32.5 Å². The zero-order chi connectivity index (χ0) is 38.9. The van der Waals surface area contributed by atoms with Gasteiger partial charge in [0.1, 0.15) is 6.61 Å². The van der Waals surface area contributed by atoms with E-state index in [-0.39, 0.29) is 32.6 Å². The number of hydrogen-bond acceptors (Lipinski definition) is 8. The Balaban J connectivity index is 4.27. The third kappa shape index (κ3) is 39.0. The van der Waals surface area contributed by atoms with Gasteiger partial charge in [-0.2, -0.15) is 0 Å². The van der Waals surface area contributed by atoms with Gasteiger partial charge in [-0.05, 0) is 83.5 Å². The average molecular weight is 764 g/mol. The van der Waals surface area contributed by atoms with E-state index in [1.807, 2.05) is 0 Å². The molecular weight excluding hydrogens is 689 g/mol. The number of hydrogen-bond donors (Lipinski definition) is 2. The molecule has 0 aliphatic carbocycles. The summed E-state index contributed by atoms with van der Waals surface area (Å²) < 4.78 is 32.7. The van der Waals surface area contributed by atoms with Gasteiger partial charge in [0.25, 0.3) is 0 Å². The summed E-state index contributed by atoms with van der Waals surface area (Å²) in [6.07, 6.45) is 46.4. The van der Waals surface area contributed by atoms with Crippen molar-refractivity contribution >= 4 is 19.8 Å². The average Bonchev–Trinajstić information content (AvgIpc) is 3.14. The molecule has 0 heterocycles. The van der Waals surface area contributed by atoms with Gasteiger partial charge in [-0.1, -0.05) is 132 Å². The van der Waals surface area contributed by atoms with E-state index in [2.05, 4.69) is 86.8 Å². The van der Waals surface area contributed by atoms with Crippen LogP contribution in [0, 0.1) is 0 Å². The Labute approximate surface area is 322 Å². The van der Waals surface area contributed by atoms with Gasteiger partial charge in [0.15, 0.2) is 6.10 Å². The van der Waals surface area contributed by atoms with Crippen LogP contribution in [0.1, 0.15) is 155 Å². The standard InChI is InChI=1S/C43H74NO8P/c1-3-5-7-9-11-13-15-17-18-19-20-21-22-24-25-27-29-31-33-35-42(45)49-39-41(40-51-53(47,48)50-38-37-44)52-43(46)36-34-32-30-28-26-23-16-14-12-10-8-6-4-2/h5,7,11,13-14,16-18,20-21,24-25,41H,3-4,6,8-10,12,15,19,22-23,26-40,44H2,1-2H3,(H,47,48). The largest absolute Gasteiger partial charge is 0.472 e. The van der Waals surface area contributed by atoms with Crippen molar-refractivity contribution in [3.8, 4) is 0 Å². The first-order chi connectivity index (χ1) is 25.8. The molecule has 0 aromatic carbocycles. The van der Waals surface area contributed by atoms with E-state index in [4.69, 9.17) is 24.3 Å². The molecular formula is C43H74NO8P. The molecule has 0 aliphatic heterocycles. The van der Waals surface area contributed by atoms with Crippen LogP contribution < -0.4 is 5.73 Å². The van der Waals surface area contributed by atoms with Crippen molar-refractivity contribution in [3.05, 3.63) is 72.9 Å². The molecule has 9 nitrogen and oxygen atoms in total. The summed E-state index contributed by atoms with van der Waals surface area (Å²) in [4.78, 5) is 34.8. The predicted molar refractivity (Wildman–Crippen MR) is 219 cm³/mol. The first kappa shape index (κ1) is 50.5. The lowest BCUT2D eigenvalue weighted by molar-refractivity contribution is -0.161. The van der Waals surface area contributed by atoms with E-state index >= 15 is 0 Å². The summed E-state index contributed by atoms with van der Waals surface area (Å²) in [7, 11) is -4.39. The summed E-state index contributed by atoms with van der Waals surface area (Å²) in [5, 5.41) is 0. The van der Waals surface area contributed by atoms with Crippen molar-refractivity contribution in [2.24, 2.45) is 5.73 Å². The maximum Gasteiger partial charge on any atom is 0.472 e. The second-order valence-electron chi connectivity index (χ2n) is 13.1. The van der Waals surface area contributed by atoms with Crippen molar-refractivity contribution in [2.75, 3.05) is 26.4 Å². The fraction of sp³-hybridized carbons (Fsp3) is 0.674. The molecule has 0 bridgehead atoms. The molecule has 0 aromatic rings. The summed E-state index contributed by atoms with van der Waals surface area (Å²) in [6.45, 7) is 3.53. The highest BCUT2D eigenvalue weighted by Crippen LogP contribution is 2.43. The van der Waals surface area contributed by atoms with Crippen LogP contribution in [-0.4, -0.2) is 49.3 Å². The van der Waals surface area contributed by atoms with Gasteiger partial charge in [0.05, 0.1) is 13.2 Å². The number of esters is 2. The lowest BCUT2D eigenvalue weighted by atomic mass is 10.1. The summed E-state index contributed by atoms with van der Waals surface area (Å²) in [6, 6.07) is 0. The Kier molecular flexibility index (Phi) is 37.3. The Bertz CT molecular complexity index is 1100. The summed E-state index contributed by atoms with van der Waals surface area (Å²) in [5.74, 6) is -0.884. The van der Waals surface area contributed by atoms with Crippen LogP contribution in [-0.2, 0) is 32.7 Å². The van der Waals surface area contributed by atoms with Gasteiger partial charge in [0.2, 0.25) is 0 Å². The van der Waals surface area contributed by atoms with Crippen LogP contribution in [0.3, 0.4) is 0 Å². The van der Waals surface area contributed by atoms with Gasteiger partial charge < -0.3 is 20.1 Å². The number of ether oxygens (including phenoxy) is 2. The van der Waals surface area contributed by atoms with Crippen LogP contribution >= 0.6 is 7.82 Å². The normalized spacial score (nSPS) is 14.1. The minimum absolute atomic E-state index is 0.0437. The van der Waals surface area contributed by atoms with Gasteiger partial charge in [0, 0.05) is 19.4 Å². The highest BCUT2D eigenvalue weighted by molar-refractivity contribution is 7.47. The second kappa shape index (κ2) is 39.2. The van der Waals surface area contributed by atoms with E-state index in [1.54, 1.807) is 0 Å². The molecule has 0 amide bonds. The Morgan fingerprint density at radius 2 is 1.04 bits per heavy atom. The molecule has 0 saturated heterocycles. The predicted octanol–water partition coefficient (Wildman–Crippen LogP) is 11.5. The van der Waals surface area contributed by atoms with E-state index in [0.29, 0.717) is 12.8 Å². The van der Waals surface area contributed by atoms with E-state index in [1.165, 1.54) is 25.7 Å². The molecule has 0 radical (unpaired) electrons. The molecule has 0 fully saturated rings. The van der Waals surface area contributed by atoms with Crippen LogP contribution in [0.4, 0.5) is 0 Å². The third-order valence-corrected chi connectivity index (χ3v) is 9.06. The fourth-order valence-electron chi connectivity index (χ4n) is 5.07. The molecule has 0 aliphatic rings. The topological polar surface area (TPSA) is 134 Å². The Morgan fingerprint density at radius 3 is 1.58 bits per heavy atom. The van der Waals surface area contributed by atoms with Crippen molar-refractivity contribution in [3.63, 3.8) is 0 Å². The minimum atomic E-state index is -4.39. The molecule has 10 heteroatoms. The molecule has 0 spiro atoms. The van der Waals surface area contributed by atoms with Gasteiger partial charge in [-0.25, -0.2) is 4.57 Å². The highest BCUT2D eigenvalue weighted by Gasteiger charge is 2.25. The van der Waals surface area contributed by atoms with Crippen molar-refractivity contribution in [2.45, 2.75) is 161 Å². The number of allylic oxidation sites excluding steroid dienone is 12. The lowest BCUT2D eigenvalue weighted by Crippen LogP contribution is -2.29. The number of phosphoric acid groups is 1. The first-order valence-electron chi connectivity index (χ1n) is 20.4. The SMILES string of the molecule is CCC=CCC=CCC=CCC=CCC=CCCCCCC(=O)OCC(COP(=O)(O)OCCN)OC(=O)CCCCCCCC=CCCCCCC. The fourth-order valence-corrected chi connectivity index (χ4v) is 5.83. The summed E-state index contributed by atoms with van der Waals surface area (Å²) >= 11 is 0. The number of phosphoric ester groups is 1. The molecule has 2 unspecified atom stereocenters. The number of nitrogens with two attached hydrogens (primary N) is 1. The maximum atomic E-state index is 12.5. The molecule has 304 valence electrons. The monoisotopic (exact) mass is 764 g/mol. The lowest BCUT2D eigenvalue weighted by Gasteiger charge is -2.19. The van der Waals surface area contributed by atoms with Crippen molar-refractivity contribution in [1.82, 2.24) is 0 Å². The first-order valence-corrected chi connectivity index (χ1v) is 21.9. The van der Waals surface area contributed by atoms with Crippen molar-refractivity contribution < 1.29 is 37.6 Å². The van der Waals surface area contributed by atoms with Gasteiger partial charge >= 0.3 is 19.8 Å². The molecule has 2 atom stereocenters.